The van der Waals surface area contributed by atoms with Crippen LogP contribution in [-0.4, -0.2) is 49.3 Å². The summed E-state index contributed by atoms with van der Waals surface area (Å²) in [5.74, 6) is 0.748. The molecule has 0 radical (unpaired) electrons. The molecule has 0 heterocycles. The number of benzene rings is 1. The molecule has 102 valence electrons. The van der Waals surface area contributed by atoms with Gasteiger partial charge in [-0.05, 0) is 19.1 Å². The Kier molecular flexibility index (Phi) is 7.17. The molecule has 1 aromatic carbocycles. The van der Waals surface area contributed by atoms with Crippen LogP contribution in [0.5, 0.6) is 5.75 Å². The van der Waals surface area contributed by atoms with E-state index in [1.165, 1.54) is 0 Å². The largest absolute Gasteiger partial charge is 0.491 e. The number of hydrogen-bond acceptors (Lipinski definition) is 5. The zero-order chi connectivity index (χ0) is 13.2. The van der Waals surface area contributed by atoms with Crippen molar-refractivity contribution in [3.05, 3.63) is 24.3 Å². The average molecular weight is 255 g/mol. The summed E-state index contributed by atoms with van der Waals surface area (Å²) in [5, 5.41) is 21.0. The highest BCUT2D eigenvalue weighted by Gasteiger charge is 2.02. The molecule has 5 nitrogen and oxygen atoms in total. The molecule has 5 heteroatoms. The molecule has 0 saturated carbocycles. The van der Waals surface area contributed by atoms with E-state index in [-0.39, 0.29) is 6.61 Å². The van der Waals surface area contributed by atoms with Crippen molar-refractivity contribution in [2.45, 2.75) is 13.0 Å². The van der Waals surface area contributed by atoms with Gasteiger partial charge in [-0.15, -0.1) is 0 Å². The molecule has 1 unspecified atom stereocenters. The van der Waals surface area contributed by atoms with Gasteiger partial charge in [0, 0.05) is 24.9 Å². The highest BCUT2D eigenvalue weighted by atomic mass is 16.5. The van der Waals surface area contributed by atoms with Gasteiger partial charge in [-0.1, -0.05) is 6.07 Å². The summed E-state index contributed by atoms with van der Waals surface area (Å²) in [4.78, 5) is 0. The van der Waals surface area contributed by atoms with Crippen LogP contribution in [0.2, 0.25) is 0 Å². The van der Waals surface area contributed by atoms with Gasteiger partial charge < -0.3 is 25.0 Å². The van der Waals surface area contributed by atoms with E-state index in [4.69, 9.17) is 14.6 Å². The molecular weight excluding hydrogens is 234 g/mol. The summed E-state index contributed by atoms with van der Waals surface area (Å²) >= 11 is 0. The van der Waals surface area contributed by atoms with Gasteiger partial charge in [0.1, 0.15) is 12.4 Å². The molecule has 0 aromatic heterocycles. The van der Waals surface area contributed by atoms with E-state index in [9.17, 15) is 5.11 Å². The normalized spacial score (nSPS) is 12.2. The molecule has 3 N–H and O–H groups in total. The second-order valence-electron chi connectivity index (χ2n) is 3.79. The van der Waals surface area contributed by atoms with Gasteiger partial charge in [0.15, 0.2) is 0 Å². The summed E-state index contributed by atoms with van der Waals surface area (Å²) < 4.78 is 10.7. The van der Waals surface area contributed by atoms with E-state index >= 15 is 0 Å². The molecule has 0 bridgehead atoms. The number of rotatable bonds is 9. The van der Waals surface area contributed by atoms with E-state index in [2.05, 4.69) is 5.32 Å². The van der Waals surface area contributed by atoms with Crippen molar-refractivity contribution < 1.29 is 19.7 Å². The Morgan fingerprint density at radius 1 is 1.33 bits per heavy atom. The molecule has 0 fully saturated rings. The molecule has 0 aliphatic heterocycles. The molecule has 1 rings (SSSR count). The summed E-state index contributed by atoms with van der Waals surface area (Å²) in [6.45, 7) is 3.76. The zero-order valence-corrected chi connectivity index (χ0v) is 10.6. The Balaban J connectivity index is 2.36. The van der Waals surface area contributed by atoms with Crippen LogP contribution in [0.3, 0.4) is 0 Å². The maximum Gasteiger partial charge on any atom is 0.121 e. The van der Waals surface area contributed by atoms with Crippen LogP contribution in [0.25, 0.3) is 0 Å². The van der Waals surface area contributed by atoms with E-state index < -0.39 is 6.10 Å². The minimum Gasteiger partial charge on any atom is -0.491 e. The van der Waals surface area contributed by atoms with Gasteiger partial charge in [0.05, 0.1) is 19.3 Å². The number of nitrogens with one attached hydrogen (secondary N) is 1. The standard InChI is InChI=1S/C13H21NO4/c1-2-17-6-7-18-13-5-3-4-11(8-13)14-9-12(16)10-15/h3-5,8,12,14-16H,2,6-7,9-10H2,1H3. The number of hydrogen-bond donors (Lipinski definition) is 3. The van der Waals surface area contributed by atoms with Crippen molar-refractivity contribution in [2.75, 3.05) is 38.3 Å². The third-order valence-corrected chi connectivity index (χ3v) is 2.29. The topological polar surface area (TPSA) is 71.0 Å². The van der Waals surface area contributed by atoms with Gasteiger partial charge in [0.25, 0.3) is 0 Å². The van der Waals surface area contributed by atoms with E-state index in [1.54, 1.807) is 0 Å². The predicted molar refractivity (Wildman–Crippen MR) is 70.0 cm³/mol. The fourth-order valence-electron chi connectivity index (χ4n) is 1.36. The fourth-order valence-corrected chi connectivity index (χ4v) is 1.36. The van der Waals surface area contributed by atoms with Crippen molar-refractivity contribution in [1.29, 1.82) is 0 Å². The summed E-state index contributed by atoms with van der Waals surface area (Å²) in [6.07, 6.45) is -0.757. The Labute approximate surface area is 107 Å². The summed E-state index contributed by atoms with van der Waals surface area (Å²) in [7, 11) is 0. The quantitative estimate of drug-likeness (QED) is 0.571. The third kappa shape index (κ3) is 5.86. The van der Waals surface area contributed by atoms with Crippen LogP contribution in [0, 0.1) is 0 Å². The number of aliphatic hydroxyl groups is 2. The van der Waals surface area contributed by atoms with E-state index in [1.807, 2.05) is 31.2 Å². The molecular formula is C13H21NO4. The molecule has 18 heavy (non-hydrogen) atoms. The van der Waals surface area contributed by atoms with Gasteiger partial charge in [-0.25, -0.2) is 0 Å². The van der Waals surface area contributed by atoms with Gasteiger partial charge in [-0.3, -0.25) is 0 Å². The predicted octanol–water partition coefficient (Wildman–Crippen LogP) is 0.867. The zero-order valence-electron chi connectivity index (χ0n) is 10.6. The molecule has 0 aliphatic carbocycles. The van der Waals surface area contributed by atoms with Crippen molar-refractivity contribution >= 4 is 5.69 Å². The first-order valence-electron chi connectivity index (χ1n) is 6.09. The first-order chi connectivity index (χ1) is 8.76. The Bertz CT molecular complexity index is 333. The van der Waals surface area contributed by atoms with Crippen molar-refractivity contribution in [3.8, 4) is 5.75 Å². The first kappa shape index (κ1) is 14.8. The van der Waals surface area contributed by atoms with Crippen LogP contribution >= 0.6 is 0 Å². The SMILES string of the molecule is CCOCCOc1cccc(NCC(O)CO)c1. The highest BCUT2D eigenvalue weighted by molar-refractivity contribution is 5.48. The molecule has 1 aromatic rings. The molecule has 1 atom stereocenters. The first-order valence-corrected chi connectivity index (χ1v) is 6.09. The molecule has 0 aliphatic rings. The van der Waals surface area contributed by atoms with Crippen molar-refractivity contribution in [1.82, 2.24) is 0 Å². The lowest BCUT2D eigenvalue weighted by molar-refractivity contribution is 0.105. The summed E-state index contributed by atoms with van der Waals surface area (Å²) in [6, 6.07) is 7.44. The smallest absolute Gasteiger partial charge is 0.121 e. The number of anilines is 1. The Morgan fingerprint density at radius 2 is 2.17 bits per heavy atom. The molecule has 0 spiro atoms. The van der Waals surface area contributed by atoms with Gasteiger partial charge in [0.2, 0.25) is 0 Å². The van der Waals surface area contributed by atoms with Crippen LogP contribution in [0.15, 0.2) is 24.3 Å². The minimum absolute atomic E-state index is 0.252. The number of ether oxygens (including phenoxy) is 2. The maximum absolute atomic E-state index is 9.23. The van der Waals surface area contributed by atoms with Crippen LogP contribution in [0.1, 0.15) is 6.92 Å². The lowest BCUT2D eigenvalue weighted by Gasteiger charge is -2.12. The average Bonchev–Trinajstić information content (AvgIpc) is 2.41. The number of aliphatic hydroxyl groups excluding tert-OH is 2. The maximum atomic E-state index is 9.23. The third-order valence-electron chi connectivity index (χ3n) is 2.29. The monoisotopic (exact) mass is 255 g/mol. The second kappa shape index (κ2) is 8.74. The van der Waals surface area contributed by atoms with Crippen molar-refractivity contribution in [2.24, 2.45) is 0 Å². The van der Waals surface area contributed by atoms with Crippen molar-refractivity contribution in [3.63, 3.8) is 0 Å². The molecule has 0 amide bonds. The second-order valence-corrected chi connectivity index (χ2v) is 3.79. The van der Waals surface area contributed by atoms with E-state index in [0.717, 1.165) is 11.4 Å². The Hall–Kier alpha value is -1.30. The summed E-state index contributed by atoms with van der Waals surface area (Å²) in [5.41, 5.74) is 0.844. The minimum atomic E-state index is -0.757. The lowest BCUT2D eigenvalue weighted by atomic mass is 10.3. The Morgan fingerprint density at radius 3 is 2.89 bits per heavy atom. The highest BCUT2D eigenvalue weighted by Crippen LogP contribution is 2.17. The molecule has 0 saturated heterocycles. The van der Waals surface area contributed by atoms with Gasteiger partial charge in [-0.2, -0.15) is 0 Å². The van der Waals surface area contributed by atoms with Crippen LogP contribution in [0.4, 0.5) is 5.69 Å². The van der Waals surface area contributed by atoms with E-state index in [0.29, 0.717) is 26.4 Å². The lowest BCUT2D eigenvalue weighted by Crippen LogP contribution is -2.22. The van der Waals surface area contributed by atoms with Crippen LogP contribution < -0.4 is 10.1 Å². The fraction of sp³-hybridized carbons (Fsp3) is 0.538. The van der Waals surface area contributed by atoms with Gasteiger partial charge >= 0.3 is 0 Å². The van der Waals surface area contributed by atoms with Crippen LogP contribution in [-0.2, 0) is 4.74 Å².